The van der Waals surface area contributed by atoms with Crippen LogP contribution in [0.5, 0.6) is 17.4 Å². The summed E-state index contributed by atoms with van der Waals surface area (Å²) in [6.07, 6.45) is 0.687. The molecule has 1 amide bonds. The average molecular weight is 561 g/mol. The molecule has 0 bridgehead atoms. The first-order valence-corrected chi connectivity index (χ1v) is 13.0. The minimum absolute atomic E-state index is 0. The van der Waals surface area contributed by atoms with Crippen LogP contribution in [0.15, 0.2) is 85.1 Å². The number of amides is 1. The normalized spacial score (nSPS) is 11.8. The highest BCUT2D eigenvalue weighted by molar-refractivity contribution is 6.10. The summed E-state index contributed by atoms with van der Waals surface area (Å²) in [4.78, 5) is 20.9. The number of H-pyrrole nitrogens is 1. The molecule has 0 radical (unpaired) electrons. The third kappa shape index (κ3) is 6.65. The maximum Gasteiger partial charge on any atom is 0.250 e. The van der Waals surface area contributed by atoms with Crippen molar-refractivity contribution in [2.75, 3.05) is 24.6 Å². The van der Waals surface area contributed by atoms with Crippen molar-refractivity contribution in [2.24, 2.45) is 11.7 Å². The molecule has 0 aliphatic rings. The van der Waals surface area contributed by atoms with Gasteiger partial charge in [-0.1, -0.05) is 38.1 Å². The predicted octanol–water partition coefficient (Wildman–Crippen LogP) is 5.93. The predicted molar refractivity (Wildman–Crippen MR) is 161 cm³/mol. The Bertz CT molecular complexity index is 1570. The lowest BCUT2D eigenvalue weighted by molar-refractivity contribution is 0.1000. The van der Waals surface area contributed by atoms with Crippen LogP contribution in [0.25, 0.3) is 21.8 Å². The van der Waals surface area contributed by atoms with Crippen LogP contribution in [0, 0.1) is 5.92 Å². The molecule has 0 aliphatic heterocycles. The number of aliphatic hydroxyl groups excluding tert-OH is 1. The summed E-state index contributed by atoms with van der Waals surface area (Å²) in [6.45, 7) is 5.64. The van der Waals surface area contributed by atoms with Crippen LogP contribution in [0.1, 0.15) is 24.2 Å². The summed E-state index contributed by atoms with van der Waals surface area (Å²) in [5.41, 5.74) is 8.61. The molecule has 0 saturated heterocycles. The van der Waals surface area contributed by atoms with E-state index in [1.807, 2.05) is 60.7 Å². The fourth-order valence-corrected chi connectivity index (χ4v) is 4.64. The van der Waals surface area contributed by atoms with E-state index in [0.29, 0.717) is 29.7 Å². The van der Waals surface area contributed by atoms with Crippen molar-refractivity contribution < 1.29 is 19.4 Å². The molecular weight excluding hydrogens is 528 g/mol. The van der Waals surface area contributed by atoms with Crippen molar-refractivity contribution in [1.82, 2.24) is 9.97 Å². The standard InChI is InChI=1S/C31H32N4O4.ClH/c1-20(2)17-35(22-11-13-24(14-12-22)39-29-15-10-21(16-33-29)31(32)37)18-23(36)19-38-28-9-5-8-27-30(28)25-6-3-4-7-26(25)34-27;/h3-16,20,23,34,36H,17-19H2,1-2H3,(H2,32,37);1H/t23-;/m0./s1. The fraction of sp³-hybridized carbons (Fsp3) is 0.226. The molecule has 0 fully saturated rings. The zero-order chi connectivity index (χ0) is 27.4. The van der Waals surface area contributed by atoms with Gasteiger partial charge in [-0.15, -0.1) is 12.4 Å². The van der Waals surface area contributed by atoms with Crippen molar-refractivity contribution in [2.45, 2.75) is 20.0 Å². The Hall–Kier alpha value is -4.27. The number of para-hydroxylation sites is 1. The van der Waals surface area contributed by atoms with Crippen LogP contribution in [-0.4, -0.2) is 46.8 Å². The molecule has 4 N–H and O–H groups in total. The van der Waals surface area contributed by atoms with Crippen molar-refractivity contribution >= 4 is 45.8 Å². The van der Waals surface area contributed by atoms with Gasteiger partial charge in [-0.05, 0) is 54.4 Å². The van der Waals surface area contributed by atoms with Crippen LogP contribution in [0.4, 0.5) is 5.69 Å². The summed E-state index contributed by atoms with van der Waals surface area (Å²) in [6, 6.07) is 24.9. The van der Waals surface area contributed by atoms with Gasteiger partial charge in [0.25, 0.3) is 0 Å². The number of halogens is 1. The van der Waals surface area contributed by atoms with Crippen LogP contribution in [0.3, 0.4) is 0 Å². The Balaban J connectivity index is 0.00000370. The number of pyridine rings is 1. The Kier molecular flexibility index (Phi) is 9.14. The molecule has 40 heavy (non-hydrogen) atoms. The first-order chi connectivity index (χ1) is 18.9. The highest BCUT2D eigenvalue weighted by atomic mass is 35.5. The van der Waals surface area contributed by atoms with Crippen LogP contribution >= 0.6 is 12.4 Å². The monoisotopic (exact) mass is 560 g/mol. The fourth-order valence-electron chi connectivity index (χ4n) is 4.64. The van der Waals surface area contributed by atoms with Crippen molar-refractivity contribution in [3.05, 3.63) is 90.6 Å². The van der Waals surface area contributed by atoms with Crippen LogP contribution < -0.4 is 20.1 Å². The van der Waals surface area contributed by atoms with Gasteiger partial charge in [0.1, 0.15) is 24.2 Å². The molecule has 2 heterocycles. The maximum absolute atomic E-state index is 11.2. The molecule has 0 aliphatic carbocycles. The number of aromatic nitrogens is 2. The smallest absolute Gasteiger partial charge is 0.250 e. The molecule has 3 aromatic carbocycles. The van der Waals surface area contributed by atoms with Gasteiger partial charge in [-0.2, -0.15) is 0 Å². The Labute approximate surface area is 239 Å². The average Bonchev–Trinajstić information content (AvgIpc) is 3.31. The number of anilines is 1. The van der Waals surface area contributed by atoms with Crippen LogP contribution in [0.2, 0.25) is 0 Å². The number of carbonyl (C=O) groups excluding carboxylic acids is 1. The second kappa shape index (κ2) is 12.7. The second-order valence-corrected chi connectivity index (χ2v) is 9.96. The van der Waals surface area contributed by atoms with E-state index in [0.717, 1.165) is 39.8 Å². The van der Waals surface area contributed by atoms with Gasteiger partial charge in [-0.3, -0.25) is 4.79 Å². The molecule has 208 valence electrons. The first-order valence-electron chi connectivity index (χ1n) is 13.0. The number of nitrogens with two attached hydrogens (primary N) is 1. The zero-order valence-electron chi connectivity index (χ0n) is 22.4. The van der Waals surface area contributed by atoms with Gasteiger partial charge >= 0.3 is 0 Å². The highest BCUT2D eigenvalue weighted by Gasteiger charge is 2.17. The third-order valence-corrected chi connectivity index (χ3v) is 6.39. The largest absolute Gasteiger partial charge is 0.490 e. The molecule has 5 aromatic rings. The Morgan fingerprint density at radius 1 is 0.975 bits per heavy atom. The molecule has 1 atom stereocenters. The summed E-state index contributed by atoms with van der Waals surface area (Å²) in [5.74, 6) is 1.58. The van der Waals surface area contributed by atoms with E-state index < -0.39 is 12.0 Å². The number of aliphatic hydroxyl groups is 1. The number of hydrogen-bond acceptors (Lipinski definition) is 6. The Morgan fingerprint density at radius 3 is 2.42 bits per heavy atom. The minimum atomic E-state index is -0.701. The summed E-state index contributed by atoms with van der Waals surface area (Å²) in [5, 5.41) is 13.1. The molecule has 0 spiro atoms. The summed E-state index contributed by atoms with van der Waals surface area (Å²) in [7, 11) is 0. The topological polar surface area (TPSA) is 114 Å². The number of nitrogens with one attached hydrogen (secondary N) is 1. The molecule has 0 unspecified atom stereocenters. The van der Waals surface area contributed by atoms with E-state index in [9.17, 15) is 9.90 Å². The van der Waals surface area contributed by atoms with E-state index in [1.54, 1.807) is 12.1 Å². The van der Waals surface area contributed by atoms with Gasteiger partial charge in [-0.25, -0.2) is 4.98 Å². The SMILES string of the molecule is CC(C)CN(C[C@H](O)COc1cccc2[nH]c3ccccc3c12)c1ccc(Oc2ccc(C(N)=O)cn2)cc1.Cl. The van der Waals surface area contributed by atoms with E-state index in [1.165, 1.54) is 6.20 Å². The number of nitrogens with zero attached hydrogens (tertiary/aromatic N) is 2. The van der Waals surface area contributed by atoms with Gasteiger partial charge in [0, 0.05) is 47.3 Å². The van der Waals surface area contributed by atoms with Crippen molar-refractivity contribution in [1.29, 1.82) is 0 Å². The third-order valence-electron chi connectivity index (χ3n) is 6.39. The number of benzene rings is 3. The molecule has 8 nitrogen and oxygen atoms in total. The summed E-state index contributed by atoms with van der Waals surface area (Å²) >= 11 is 0. The second-order valence-electron chi connectivity index (χ2n) is 9.96. The molecule has 5 rings (SSSR count). The summed E-state index contributed by atoms with van der Waals surface area (Å²) < 4.78 is 11.9. The minimum Gasteiger partial charge on any atom is -0.490 e. The quantitative estimate of drug-likeness (QED) is 0.184. The van der Waals surface area contributed by atoms with Gasteiger partial charge in [0.15, 0.2) is 0 Å². The molecule has 0 saturated carbocycles. The van der Waals surface area contributed by atoms with Gasteiger partial charge in [0.05, 0.1) is 11.1 Å². The number of fused-ring (bicyclic) bond motifs is 3. The van der Waals surface area contributed by atoms with Gasteiger partial charge in [0.2, 0.25) is 11.8 Å². The first kappa shape index (κ1) is 28.7. The molecular formula is C31H33ClN4O4. The maximum atomic E-state index is 11.2. The van der Waals surface area contributed by atoms with E-state index in [2.05, 4.69) is 34.8 Å². The lowest BCUT2D eigenvalue weighted by Gasteiger charge is -2.29. The highest BCUT2D eigenvalue weighted by Crippen LogP contribution is 2.33. The zero-order valence-corrected chi connectivity index (χ0v) is 23.2. The number of rotatable bonds is 11. The van der Waals surface area contributed by atoms with Crippen molar-refractivity contribution in [3.8, 4) is 17.4 Å². The number of ether oxygens (including phenoxy) is 2. The van der Waals surface area contributed by atoms with Crippen molar-refractivity contribution in [3.63, 3.8) is 0 Å². The number of hydrogen-bond donors (Lipinski definition) is 3. The molecule has 2 aromatic heterocycles. The van der Waals surface area contributed by atoms with Crippen LogP contribution in [-0.2, 0) is 0 Å². The lowest BCUT2D eigenvalue weighted by atomic mass is 10.1. The van der Waals surface area contributed by atoms with E-state index in [4.69, 9.17) is 15.2 Å². The van der Waals surface area contributed by atoms with Gasteiger partial charge < -0.3 is 30.2 Å². The number of carbonyl (C=O) groups is 1. The Morgan fingerprint density at radius 2 is 1.73 bits per heavy atom. The number of aromatic amines is 1. The lowest BCUT2D eigenvalue weighted by Crippen LogP contribution is -2.37. The van der Waals surface area contributed by atoms with E-state index >= 15 is 0 Å². The number of primary amides is 1. The van der Waals surface area contributed by atoms with E-state index in [-0.39, 0.29) is 19.0 Å². The molecule has 9 heteroatoms.